The van der Waals surface area contributed by atoms with Crippen molar-refractivity contribution in [2.45, 2.75) is 37.6 Å². The Bertz CT molecular complexity index is 1360. The minimum atomic E-state index is -3.61. The van der Waals surface area contributed by atoms with E-state index in [0.29, 0.717) is 28.6 Å². The van der Waals surface area contributed by atoms with Crippen molar-refractivity contribution in [2.75, 3.05) is 34.3 Å². The summed E-state index contributed by atoms with van der Waals surface area (Å²) in [5.74, 6) is 1.23. The number of nitrogens with zero attached hydrogens (tertiary/aromatic N) is 5. The van der Waals surface area contributed by atoms with Gasteiger partial charge in [0.1, 0.15) is 5.75 Å². The molecule has 4 rings (SSSR count). The van der Waals surface area contributed by atoms with Crippen LogP contribution in [0.1, 0.15) is 13.8 Å². The Hall–Kier alpha value is -2.57. The average molecular weight is 518 g/mol. The first-order chi connectivity index (χ1) is 16.6. The maximum atomic E-state index is 12.8. The number of benzene rings is 2. The fraction of sp³-hybridized carbons (Fsp3) is 0.417. The summed E-state index contributed by atoms with van der Waals surface area (Å²) in [6.45, 7) is 6.14. The molecule has 0 spiro atoms. The van der Waals surface area contributed by atoms with Crippen molar-refractivity contribution in [2.24, 2.45) is 0 Å². The van der Waals surface area contributed by atoms with Crippen molar-refractivity contribution < 1.29 is 17.9 Å². The molecule has 1 saturated heterocycles. The maximum Gasteiger partial charge on any atom is 0.242 e. The van der Waals surface area contributed by atoms with Crippen molar-refractivity contribution in [1.82, 2.24) is 23.6 Å². The molecule has 2 heterocycles. The number of hydrogen-bond acceptors (Lipinski definition) is 7. The van der Waals surface area contributed by atoms with Gasteiger partial charge in [-0.1, -0.05) is 18.2 Å². The summed E-state index contributed by atoms with van der Waals surface area (Å²) < 4.78 is 42.2. The molecule has 1 aliphatic heterocycles. The van der Waals surface area contributed by atoms with Crippen LogP contribution in [0.5, 0.6) is 5.75 Å². The van der Waals surface area contributed by atoms with E-state index in [1.165, 1.54) is 18.4 Å². The molecular formula is C24H31N5O4S2. The molecule has 9 nitrogen and oxygen atoms in total. The van der Waals surface area contributed by atoms with Gasteiger partial charge in [-0.15, -0.1) is 5.10 Å². The zero-order chi connectivity index (χ0) is 25.3. The van der Waals surface area contributed by atoms with E-state index in [0.717, 1.165) is 18.8 Å². The van der Waals surface area contributed by atoms with Crippen LogP contribution in [-0.2, 0) is 21.4 Å². The third-order valence-electron chi connectivity index (χ3n) is 5.85. The summed E-state index contributed by atoms with van der Waals surface area (Å²) in [5.41, 5.74) is 1.42. The largest absolute Gasteiger partial charge is 0.497 e. The third-order valence-corrected chi connectivity index (χ3v) is 8.06. The van der Waals surface area contributed by atoms with Gasteiger partial charge in [-0.25, -0.2) is 17.4 Å². The van der Waals surface area contributed by atoms with E-state index in [4.69, 9.17) is 26.8 Å². The van der Waals surface area contributed by atoms with Crippen LogP contribution in [0.25, 0.3) is 17.1 Å². The molecule has 0 bridgehead atoms. The first kappa shape index (κ1) is 25.5. The number of methoxy groups -OCH3 is 1. The highest BCUT2D eigenvalue weighted by Crippen LogP contribution is 2.27. The minimum Gasteiger partial charge on any atom is -0.497 e. The van der Waals surface area contributed by atoms with Gasteiger partial charge in [0.05, 0.1) is 36.6 Å². The van der Waals surface area contributed by atoms with Crippen LogP contribution in [0, 0.1) is 4.77 Å². The Morgan fingerprint density at radius 2 is 1.80 bits per heavy atom. The molecule has 1 fully saturated rings. The molecule has 3 aromatic rings. The number of ether oxygens (including phenoxy) is 2. The predicted molar refractivity (Wildman–Crippen MR) is 137 cm³/mol. The molecule has 188 valence electrons. The Balaban J connectivity index is 1.85. The summed E-state index contributed by atoms with van der Waals surface area (Å²) >= 11 is 5.89. The van der Waals surface area contributed by atoms with E-state index in [2.05, 4.69) is 18.7 Å². The van der Waals surface area contributed by atoms with Gasteiger partial charge in [-0.2, -0.15) is 0 Å². The van der Waals surface area contributed by atoms with Crippen molar-refractivity contribution in [3.63, 3.8) is 0 Å². The SMILES string of the molecule is COc1cccc(-n2c(-c3cccc(S(=O)(=O)N(C)C)c3)nn(CN3C[C@@H](C)O[C@@H](C)C3)c2=S)c1. The van der Waals surface area contributed by atoms with E-state index >= 15 is 0 Å². The molecule has 35 heavy (non-hydrogen) atoms. The molecule has 0 unspecified atom stereocenters. The summed E-state index contributed by atoms with van der Waals surface area (Å²) in [5, 5.41) is 4.87. The van der Waals surface area contributed by atoms with Crippen molar-refractivity contribution in [3.8, 4) is 22.8 Å². The van der Waals surface area contributed by atoms with Crippen molar-refractivity contribution >= 4 is 22.2 Å². The van der Waals surface area contributed by atoms with E-state index in [-0.39, 0.29) is 17.1 Å². The second kappa shape index (κ2) is 10.2. The molecule has 0 aliphatic carbocycles. The van der Waals surface area contributed by atoms with Crippen LogP contribution < -0.4 is 4.74 Å². The first-order valence-corrected chi connectivity index (χ1v) is 13.2. The van der Waals surface area contributed by atoms with E-state index in [1.54, 1.807) is 30.0 Å². The molecule has 2 aromatic carbocycles. The van der Waals surface area contributed by atoms with Crippen molar-refractivity contribution in [1.29, 1.82) is 0 Å². The monoisotopic (exact) mass is 517 g/mol. The van der Waals surface area contributed by atoms with Gasteiger partial charge in [-0.05, 0) is 50.3 Å². The second-order valence-electron chi connectivity index (χ2n) is 8.89. The van der Waals surface area contributed by atoms with Crippen LogP contribution in [0.2, 0.25) is 0 Å². The Morgan fingerprint density at radius 3 is 2.46 bits per heavy atom. The van der Waals surface area contributed by atoms with Gasteiger partial charge < -0.3 is 9.47 Å². The molecule has 11 heteroatoms. The fourth-order valence-corrected chi connectivity index (χ4v) is 5.50. The molecule has 2 atom stereocenters. The van der Waals surface area contributed by atoms with Gasteiger partial charge in [0.2, 0.25) is 14.8 Å². The van der Waals surface area contributed by atoms with Crippen LogP contribution in [0.15, 0.2) is 53.4 Å². The quantitative estimate of drug-likeness (QED) is 0.444. The molecule has 0 radical (unpaired) electrons. The van der Waals surface area contributed by atoms with Gasteiger partial charge in [-0.3, -0.25) is 9.47 Å². The van der Waals surface area contributed by atoms with Crippen LogP contribution >= 0.6 is 12.2 Å². The number of hydrogen-bond donors (Lipinski definition) is 0. The normalized spacial score (nSPS) is 19.3. The molecule has 1 aromatic heterocycles. The van der Waals surface area contributed by atoms with Crippen LogP contribution in [0.3, 0.4) is 0 Å². The predicted octanol–water partition coefficient (Wildman–Crippen LogP) is 3.40. The zero-order valence-electron chi connectivity index (χ0n) is 20.6. The number of sulfonamides is 1. The lowest BCUT2D eigenvalue weighted by Crippen LogP contribution is -2.46. The molecular weight excluding hydrogens is 486 g/mol. The Morgan fingerprint density at radius 1 is 1.11 bits per heavy atom. The average Bonchev–Trinajstić information content (AvgIpc) is 3.14. The zero-order valence-corrected chi connectivity index (χ0v) is 22.2. The summed E-state index contributed by atoms with van der Waals surface area (Å²) in [4.78, 5) is 2.45. The lowest BCUT2D eigenvalue weighted by Gasteiger charge is -2.34. The highest BCUT2D eigenvalue weighted by molar-refractivity contribution is 7.89. The van der Waals surface area contributed by atoms with Gasteiger partial charge in [0.25, 0.3) is 0 Å². The van der Waals surface area contributed by atoms with Crippen molar-refractivity contribution in [3.05, 3.63) is 53.3 Å². The standard InChI is InChI=1S/C24H31N5O4S2/c1-17-14-27(15-18(2)33-17)16-28-24(34)29(20-9-7-10-21(13-20)32-5)23(25-28)19-8-6-11-22(12-19)35(30,31)26(3)4/h6-13,17-18H,14-16H2,1-5H3/t17-,18+. The summed E-state index contributed by atoms with van der Waals surface area (Å²) in [6, 6.07) is 14.3. The summed E-state index contributed by atoms with van der Waals surface area (Å²) in [7, 11) is 1.02. The number of aromatic nitrogens is 3. The second-order valence-corrected chi connectivity index (χ2v) is 11.4. The Kier molecular flexibility index (Phi) is 7.43. The van der Waals surface area contributed by atoms with Crippen LogP contribution in [-0.4, -0.2) is 78.5 Å². The highest BCUT2D eigenvalue weighted by Gasteiger charge is 2.25. The van der Waals surface area contributed by atoms with Gasteiger partial charge >= 0.3 is 0 Å². The molecule has 1 aliphatic rings. The molecule has 0 amide bonds. The molecule has 0 saturated carbocycles. The minimum absolute atomic E-state index is 0.112. The smallest absolute Gasteiger partial charge is 0.242 e. The third kappa shape index (κ3) is 5.34. The van der Waals surface area contributed by atoms with Gasteiger partial charge in [0.15, 0.2) is 5.82 Å². The maximum absolute atomic E-state index is 12.8. The van der Waals surface area contributed by atoms with E-state index < -0.39 is 10.0 Å². The van der Waals surface area contributed by atoms with Crippen LogP contribution in [0.4, 0.5) is 0 Å². The fourth-order valence-electron chi connectivity index (χ4n) is 4.26. The van der Waals surface area contributed by atoms with E-state index in [1.807, 2.05) is 34.9 Å². The summed E-state index contributed by atoms with van der Waals surface area (Å²) in [6.07, 6.45) is 0.224. The topological polar surface area (TPSA) is 81.8 Å². The lowest BCUT2D eigenvalue weighted by atomic mass is 10.2. The molecule has 0 N–H and O–H groups in total. The number of rotatable bonds is 7. The Labute approximate surface area is 211 Å². The number of morpholine rings is 1. The lowest BCUT2D eigenvalue weighted by molar-refractivity contribution is -0.0777. The van der Waals surface area contributed by atoms with E-state index in [9.17, 15) is 8.42 Å². The highest BCUT2D eigenvalue weighted by atomic mass is 32.2. The first-order valence-electron chi connectivity index (χ1n) is 11.3. The van der Waals surface area contributed by atoms with Gasteiger partial charge in [0, 0.05) is 38.8 Å².